The maximum atomic E-state index is 13.6. The van der Waals surface area contributed by atoms with Crippen LogP contribution in [0.15, 0.2) is 84.4 Å². The second kappa shape index (κ2) is 10.6. The van der Waals surface area contributed by atoms with Gasteiger partial charge in [-0.1, -0.05) is 53.8 Å². The Morgan fingerprint density at radius 3 is 2.44 bits per heavy atom. The van der Waals surface area contributed by atoms with Crippen LogP contribution in [-0.4, -0.2) is 27.6 Å². The van der Waals surface area contributed by atoms with Crippen molar-refractivity contribution in [2.75, 3.05) is 4.90 Å². The summed E-state index contributed by atoms with van der Waals surface area (Å²) in [5.41, 5.74) is 1.88. The molecule has 7 nitrogen and oxygen atoms in total. The second-order valence-corrected chi connectivity index (χ2v) is 9.97. The summed E-state index contributed by atoms with van der Waals surface area (Å²) in [7, 11) is 0. The highest BCUT2D eigenvalue weighted by Gasteiger charge is 2.48. The van der Waals surface area contributed by atoms with Gasteiger partial charge in [-0.25, -0.2) is 9.37 Å². The van der Waals surface area contributed by atoms with Crippen molar-refractivity contribution in [1.82, 2.24) is 4.98 Å². The first-order valence-electron chi connectivity index (χ1n) is 12.1. The van der Waals surface area contributed by atoms with Gasteiger partial charge in [-0.3, -0.25) is 19.3 Å². The van der Waals surface area contributed by atoms with E-state index in [1.165, 1.54) is 24.0 Å². The Balaban J connectivity index is 1.63. The van der Waals surface area contributed by atoms with E-state index in [0.29, 0.717) is 28.5 Å². The van der Waals surface area contributed by atoms with Crippen LogP contribution in [0.25, 0.3) is 5.76 Å². The van der Waals surface area contributed by atoms with Crippen LogP contribution in [0.4, 0.5) is 9.52 Å². The number of aryl methyl sites for hydroxylation is 1. The Kier molecular flexibility index (Phi) is 7.08. The molecule has 1 aliphatic heterocycles. The lowest BCUT2D eigenvalue weighted by Gasteiger charge is -2.23. The summed E-state index contributed by atoms with van der Waals surface area (Å²) in [5, 5.41) is 11.4. The van der Waals surface area contributed by atoms with E-state index in [9.17, 15) is 23.9 Å². The van der Waals surface area contributed by atoms with Gasteiger partial charge in [0.05, 0.1) is 22.2 Å². The highest BCUT2D eigenvalue weighted by Crippen LogP contribution is 2.44. The van der Waals surface area contributed by atoms with Gasteiger partial charge >= 0.3 is 5.91 Å². The molecule has 39 heavy (non-hydrogen) atoms. The number of aliphatic hydroxyl groups excluding tert-OH is 1. The van der Waals surface area contributed by atoms with Crippen molar-refractivity contribution in [1.29, 1.82) is 0 Å². The number of ketones is 2. The number of nitrogens with zero attached hydrogens (tertiary/aromatic N) is 2. The Bertz CT molecular complexity index is 1610. The molecule has 0 bridgehead atoms. The third-order valence-electron chi connectivity index (χ3n) is 6.30. The number of thiazole rings is 1. The largest absolute Gasteiger partial charge is 0.507 e. The molecule has 0 aliphatic carbocycles. The Morgan fingerprint density at radius 2 is 1.77 bits per heavy atom. The lowest BCUT2D eigenvalue weighted by molar-refractivity contribution is -0.132. The number of rotatable bonds is 7. The lowest BCUT2D eigenvalue weighted by Crippen LogP contribution is -2.29. The summed E-state index contributed by atoms with van der Waals surface area (Å²) in [4.78, 5) is 44.9. The summed E-state index contributed by atoms with van der Waals surface area (Å²) in [6.45, 7) is 3.35. The molecular formula is C30H23FN2O5S. The van der Waals surface area contributed by atoms with Crippen molar-refractivity contribution >= 4 is 39.7 Å². The monoisotopic (exact) mass is 542 g/mol. The zero-order chi connectivity index (χ0) is 27.7. The van der Waals surface area contributed by atoms with Crippen molar-refractivity contribution in [2.45, 2.75) is 26.5 Å². The Labute approximate surface area is 227 Å². The van der Waals surface area contributed by atoms with Crippen molar-refractivity contribution in [3.8, 4) is 5.75 Å². The van der Waals surface area contributed by atoms with Crippen LogP contribution in [-0.2, 0) is 16.2 Å². The number of aromatic nitrogens is 1. The number of halogens is 1. The van der Waals surface area contributed by atoms with Gasteiger partial charge in [0.15, 0.2) is 10.9 Å². The fraction of sp³-hybridized carbons (Fsp3) is 0.133. The van der Waals surface area contributed by atoms with E-state index in [1.807, 2.05) is 30.3 Å². The first-order valence-corrected chi connectivity index (χ1v) is 12.9. The molecule has 0 spiro atoms. The van der Waals surface area contributed by atoms with Crippen LogP contribution < -0.4 is 9.64 Å². The van der Waals surface area contributed by atoms with Gasteiger partial charge in [0, 0.05) is 12.5 Å². The zero-order valence-corrected chi connectivity index (χ0v) is 21.9. The highest BCUT2D eigenvalue weighted by atomic mass is 32.1. The van der Waals surface area contributed by atoms with E-state index in [1.54, 1.807) is 31.2 Å². The number of amides is 1. The smallest absolute Gasteiger partial charge is 0.301 e. The second-order valence-electron chi connectivity index (χ2n) is 8.99. The van der Waals surface area contributed by atoms with Gasteiger partial charge in [-0.2, -0.15) is 0 Å². The van der Waals surface area contributed by atoms with Gasteiger partial charge in [0.25, 0.3) is 5.78 Å². The third kappa shape index (κ3) is 5.08. The zero-order valence-electron chi connectivity index (χ0n) is 21.1. The molecule has 4 aromatic rings. The van der Waals surface area contributed by atoms with Crippen LogP contribution in [0.1, 0.15) is 45.0 Å². The van der Waals surface area contributed by atoms with E-state index in [2.05, 4.69) is 4.98 Å². The Hall–Kier alpha value is -4.63. The molecule has 2 heterocycles. The Morgan fingerprint density at radius 1 is 1.05 bits per heavy atom. The maximum absolute atomic E-state index is 13.6. The van der Waals surface area contributed by atoms with Crippen LogP contribution in [0.3, 0.4) is 0 Å². The molecule has 1 aromatic heterocycles. The van der Waals surface area contributed by atoms with Crippen LogP contribution in [0.2, 0.25) is 0 Å². The molecule has 196 valence electrons. The summed E-state index contributed by atoms with van der Waals surface area (Å²) >= 11 is 0.999. The molecule has 3 aromatic carbocycles. The molecule has 1 N–H and O–H groups in total. The van der Waals surface area contributed by atoms with Crippen molar-refractivity contribution in [3.63, 3.8) is 0 Å². The van der Waals surface area contributed by atoms with Crippen LogP contribution >= 0.6 is 11.3 Å². The molecule has 1 fully saturated rings. The standard InChI is InChI=1S/C30H23FN2O5S/c1-17-28(18(2)34)39-30(32-17)33-25(21-9-6-10-23(15-21)38-16-19-7-4-3-5-8-19)24(27(36)29(33)37)26(35)20-11-13-22(31)14-12-20/h3-15,25,35H,16H2,1-2H3/b26-24+. The minimum atomic E-state index is -1.07. The molecule has 0 saturated carbocycles. The van der Waals surface area contributed by atoms with Crippen molar-refractivity contribution < 1.29 is 28.6 Å². The molecule has 1 amide bonds. The third-order valence-corrected chi connectivity index (χ3v) is 7.55. The number of ether oxygens (including phenoxy) is 1. The fourth-order valence-electron chi connectivity index (χ4n) is 4.44. The van der Waals surface area contributed by atoms with E-state index < -0.39 is 29.3 Å². The SMILES string of the molecule is CC(=O)c1sc(N2C(=O)C(=O)/C(=C(/O)c3ccc(F)cc3)C2c2cccc(OCc3ccccc3)c2)nc1C. The molecule has 1 saturated heterocycles. The molecule has 0 radical (unpaired) electrons. The van der Waals surface area contributed by atoms with E-state index in [4.69, 9.17) is 4.74 Å². The van der Waals surface area contributed by atoms with E-state index in [-0.39, 0.29) is 22.1 Å². The molecule has 1 atom stereocenters. The topological polar surface area (TPSA) is 96.8 Å². The van der Waals surface area contributed by atoms with Gasteiger partial charge in [0.1, 0.15) is 23.9 Å². The predicted octanol–water partition coefficient (Wildman–Crippen LogP) is 6.00. The van der Waals surface area contributed by atoms with Gasteiger partial charge in [-0.05, 0) is 54.4 Å². The number of hydrogen-bond donors (Lipinski definition) is 1. The average molecular weight is 543 g/mol. The normalized spacial score (nSPS) is 16.5. The summed E-state index contributed by atoms with van der Waals surface area (Å²) < 4.78 is 19.5. The lowest BCUT2D eigenvalue weighted by atomic mass is 9.95. The van der Waals surface area contributed by atoms with E-state index in [0.717, 1.165) is 29.0 Å². The highest BCUT2D eigenvalue weighted by molar-refractivity contribution is 7.18. The summed E-state index contributed by atoms with van der Waals surface area (Å²) in [5.74, 6) is -2.51. The molecule has 9 heteroatoms. The van der Waals surface area contributed by atoms with Crippen LogP contribution in [0, 0.1) is 12.7 Å². The maximum Gasteiger partial charge on any atom is 0.301 e. The van der Waals surface area contributed by atoms with Crippen LogP contribution in [0.5, 0.6) is 5.75 Å². The number of carbonyl (C=O) groups excluding carboxylic acids is 3. The van der Waals surface area contributed by atoms with Gasteiger partial charge < -0.3 is 9.84 Å². The minimum absolute atomic E-state index is 0.151. The number of Topliss-reactive ketones (excluding diaryl/α,β-unsaturated/α-hetero) is 2. The van der Waals surface area contributed by atoms with E-state index >= 15 is 0 Å². The first-order chi connectivity index (χ1) is 18.7. The number of aliphatic hydroxyl groups is 1. The predicted molar refractivity (Wildman–Crippen MR) is 145 cm³/mol. The number of hydrogen-bond acceptors (Lipinski definition) is 7. The number of anilines is 1. The van der Waals surface area contributed by atoms with Crippen molar-refractivity contribution in [2.24, 2.45) is 0 Å². The fourth-order valence-corrected chi connectivity index (χ4v) is 5.42. The van der Waals surface area contributed by atoms with Gasteiger partial charge in [-0.15, -0.1) is 0 Å². The molecular weight excluding hydrogens is 519 g/mol. The quantitative estimate of drug-likeness (QED) is 0.133. The first kappa shape index (κ1) is 26.0. The average Bonchev–Trinajstić information content (AvgIpc) is 3.45. The summed E-state index contributed by atoms with van der Waals surface area (Å²) in [6.07, 6.45) is 0. The number of benzene rings is 3. The molecule has 1 aliphatic rings. The molecule has 1 unspecified atom stereocenters. The van der Waals surface area contributed by atoms with Crippen molar-refractivity contribution in [3.05, 3.63) is 118 Å². The number of carbonyl (C=O) groups is 3. The molecule has 5 rings (SSSR count). The summed E-state index contributed by atoms with van der Waals surface area (Å²) in [6, 6.07) is 20.4. The van der Waals surface area contributed by atoms with Gasteiger partial charge in [0.2, 0.25) is 0 Å². The minimum Gasteiger partial charge on any atom is -0.507 e.